The van der Waals surface area contributed by atoms with Crippen LogP contribution in [0.5, 0.6) is 0 Å². The van der Waals surface area contributed by atoms with Crippen LogP contribution in [-0.4, -0.2) is 46.3 Å². The summed E-state index contributed by atoms with van der Waals surface area (Å²) >= 11 is 3.40. The molecule has 0 spiro atoms. The molecule has 1 aliphatic rings. The van der Waals surface area contributed by atoms with Crippen molar-refractivity contribution >= 4 is 38.5 Å². The number of rotatable bonds is 2. The van der Waals surface area contributed by atoms with Crippen molar-refractivity contribution in [3.8, 4) is 0 Å². The Morgan fingerprint density at radius 3 is 2.58 bits per heavy atom. The summed E-state index contributed by atoms with van der Waals surface area (Å²) in [7, 11) is 0. The van der Waals surface area contributed by atoms with Gasteiger partial charge in [0.2, 0.25) is 0 Å². The number of benzene rings is 1. The molecular formula is C15H13BrF2N6. The van der Waals surface area contributed by atoms with Gasteiger partial charge in [-0.2, -0.15) is 5.10 Å². The molecule has 3 aromatic rings. The highest BCUT2D eigenvalue weighted by atomic mass is 79.9. The number of aromatic nitrogens is 4. The van der Waals surface area contributed by atoms with E-state index in [4.69, 9.17) is 0 Å². The number of H-pyrrole nitrogens is 1. The summed E-state index contributed by atoms with van der Waals surface area (Å²) in [6, 6.07) is 3.53. The number of anilines is 2. The molecule has 2 aromatic heterocycles. The third-order valence-electron chi connectivity index (χ3n) is 4.12. The Balaban J connectivity index is 1.58. The largest absolute Gasteiger partial charge is 0.366 e. The van der Waals surface area contributed by atoms with Crippen molar-refractivity contribution in [2.45, 2.75) is 0 Å². The van der Waals surface area contributed by atoms with E-state index in [1.54, 1.807) is 0 Å². The van der Waals surface area contributed by atoms with E-state index in [2.05, 4.69) is 41.0 Å². The molecule has 1 aromatic carbocycles. The molecule has 3 heterocycles. The zero-order valence-electron chi connectivity index (χ0n) is 12.5. The van der Waals surface area contributed by atoms with Crippen molar-refractivity contribution < 1.29 is 8.78 Å². The van der Waals surface area contributed by atoms with Crippen LogP contribution in [0.4, 0.5) is 20.3 Å². The molecule has 0 radical (unpaired) electrons. The third kappa shape index (κ3) is 2.58. The predicted octanol–water partition coefficient (Wildman–Crippen LogP) is 2.72. The first-order chi connectivity index (χ1) is 11.6. The van der Waals surface area contributed by atoms with E-state index in [1.165, 1.54) is 12.4 Å². The van der Waals surface area contributed by atoms with Crippen molar-refractivity contribution in [3.05, 3.63) is 40.8 Å². The Labute approximate surface area is 144 Å². The average Bonchev–Trinajstić information content (AvgIpc) is 2.99. The number of piperazine rings is 1. The van der Waals surface area contributed by atoms with Crippen LogP contribution >= 0.6 is 15.9 Å². The number of hydrogen-bond acceptors (Lipinski definition) is 5. The van der Waals surface area contributed by atoms with E-state index in [0.717, 1.165) is 23.3 Å². The second kappa shape index (κ2) is 5.97. The lowest BCUT2D eigenvalue weighted by Crippen LogP contribution is -2.47. The molecule has 4 rings (SSSR count). The van der Waals surface area contributed by atoms with Crippen molar-refractivity contribution in [1.29, 1.82) is 0 Å². The van der Waals surface area contributed by atoms with Crippen LogP contribution in [0.15, 0.2) is 29.1 Å². The molecule has 0 bridgehead atoms. The fourth-order valence-corrected chi connectivity index (χ4v) is 3.39. The topological polar surface area (TPSA) is 60.9 Å². The number of aromatic amines is 1. The van der Waals surface area contributed by atoms with Crippen molar-refractivity contribution in [2.75, 3.05) is 36.0 Å². The van der Waals surface area contributed by atoms with Crippen LogP contribution < -0.4 is 9.80 Å². The number of halogens is 3. The van der Waals surface area contributed by atoms with E-state index in [0.29, 0.717) is 42.1 Å². The minimum absolute atomic E-state index is 0.298. The summed E-state index contributed by atoms with van der Waals surface area (Å²) in [6.45, 7) is 2.42. The average molecular weight is 395 g/mol. The minimum atomic E-state index is -0.436. The van der Waals surface area contributed by atoms with E-state index in [1.807, 2.05) is 4.90 Å². The van der Waals surface area contributed by atoms with Gasteiger partial charge >= 0.3 is 0 Å². The molecule has 6 nitrogen and oxygen atoms in total. The second-order valence-electron chi connectivity index (χ2n) is 5.51. The Morgan fingerprint density at radius 2 is 1.79 bits per heavy atom. The molecule has 9 heteroatoms. The summed E-state index contributed by atoms with van der Waals surface area (Å²) in [5, 5.41) is 7.76. The van der Waals surface area contributed by atoms with Gasteiger partial charge in [0.15, 0.2) is 5.65 Å². The summed E-state index contributed by atoms with van der Waals surface area (Å²) in [6.07, 6.45) is 1.49. The van der Waals surface area contributed by atoms with Crippen LogP contribution in [0.1, 0.15) is 0 Å². The SMILES string of the molecule is Fc1ccc(F)c(N2CCN(c3ncnc4[nH]nc(Br)c34)CC2)c1. The second-order valence-corrected chi connectivity index (χ2v) is 6.26. The molecule has 1 aliphatic heterocycles. The van der Waals surface area contributed by atoms with Crippen LogP contribution in [-0.2, 0) is 0 Å². The standard InChI is InChI=1S/C15H13BrF2N6/c16-13-12-14(22-21-13)19-8-20-15(12)24-5-3-23(4-6-24)11-7-9(17)1-2-10(11)18/h1-2,7-8H,3-6H2,(H,19,20,21,22). The normalized spacial score (nSPS) is 15.3. The van der Waals surface area contributed by atoms with Gasteiger partial charge in [0.25, 0.3) is 0 Å². The zero-order valence-corrected chi connectivity index (χ0v) is 14.1. The maximum atomic E-state index is 13.9. The van der Waals surface area contributed by atoms with E-state index >= 15 is 0 Å². The molecule has 0 saturated carbocycles. The van der Waals surface area contributed by atoms with Gasteiger partial charge < -0.3 is 9.80 Å². The molecular weight excluding hydrogens is 382 g/mol. The first-order valence-electron chi connectivity index (χ1n) is 7.43. The van der Waals surface area contributed by atoms with E-state index < -0.39 is 11.6 Å². The molecule has 0 aliphatic carbocycles. The quantitative estimate of drug-likeness (QED) is 0.723. The van der Waals surface area contributed by atoms with Crippen LogP contribution in [0.25, 0.3) is 11.0 Å². The summed E-state index contributed by atoms with van der Waals surface area (Å²) in [5.41, 5.74) is 0.956. The van der Waals surface area contributed by atoms with Gasteiger partial charge in [-0.15, -0.1) is 0 Å². The van der Waals surface area contributed by atoms with E-state index in [-0.39, 0.29) is 0 Å². The third-order valence-corrected chi connectivity index (χ3v) is 4.70. The molecule has 1 saturated heterocycles. The summed E-state index contributed by atoms with van der Waals surface area (Å²) in [4.78, 5) is 12.5. The van der Waals surface area contributed by atoms with Crippen LogP contribution in [0, 0.1) is 11.6 Å². The Hall–Kier alpha value is -2.29. The molecule has 1 fully saturated rings. The van der Waals surface area contributed by atoms with Crippen molar-refractivity contribution in [1.82, 2.24) is 20.2 Å². The number of fused-ring (bicyclic) bond motifs is 1. The van der Waals surface area contributed by atoms with Gasteiger partial charge in [0, 0.05) is 32.2 Å². The first kappa shape index (κ1) is 15.3. The Bertz CT molecular complexity index is 891. The minimum Gasteiger partial charge on any atom is -0.366 e. The highest BCUT2D eigenvalue weighted by molar-refractivity contribution is 9.10. The number of hydrogen-bond donors (Lipinski definition) is 1. The number of nitrogens with zero attached hydrogens (tertiary/aromatic N) is 5. The first-order valence-corrected chi connectivity index (χ1v) is 8.22. The smallest absolute Gasteiger partial charge is 0.161 e. The maximum absolute atomic E-state index is 13.9. The molecule has 1 N–H and O–H groups in total. The van der Waals surface area contributed by atoms with Crippen LogP contribution in [0.2, 0.25) is 0 Å². The van der Waals surface area contributed by atoms with Gasteiger partial charge in [-0.05, 0) is 28.1 Å². The monoisotopic (exact) mass is 394 g/mol. The van der Waals surface area contributed by atoms with Crippen molar-refractivity contribution in [3.63, 3.8) is 0 Å². The fourth-order valence-electron chi connectivity index (χ4n) is 2.94. The summed E-state index contributed by atoms with van der Waals surface area (Å²) < 4.78 is 28.0. The van der Waals surface area contributed by atoms with Gasteiger partial charge in [-0.1, -0.05) is 0 Å². The predicted molar refractivity (Wildman–Crippen MR) is 90.2 cm³/mol. The zero-order chi connectivity index (χ0) is 16.7. The molecule has 124 valence electrons. The maximum Gasteiger partial charge on any atom is 0.161 e. The van der Waals surface area contributed by atoms with Gasteiger partial charge in [0.05, 0.1) is 11.1 Å². The molecule has 0 atom stereocenters. The van der Waals surface area contributed by atoms with Gasteiger partial charge in [-0.3, -0.25) is 5.10 Å². The Morgan fingerprint density at radius 1 is 1.04 bits per heavy atom. The fraction of sp³-hybridized carbons (Fsp3) is 0.267. The van der Waals surface area contributed by atoms with Crippen LogP contribution in [0.3, 0.4) is 0 Å². The highest BCUT2D eigenvalue weighted by Crippen LogP contribution is 2.30. The van der Waals surface area contributed by atoms with E-state index in [9.17, 15) is 8.78 Å². The summed E-state index contributed by atoms with van der Waals surface area (Å²) in [5.74, 6) is -0.0690. The molecule has 0 amide bonds. The molecule has 0 unspecified atom stereocenters. The lowest BCUT2D eigenvalue weighted by Gasteiger charge is -2.36. The highest BCUT2D eigenvalue weighted by Gasteiger charge is 2.23. The lowest BCUT2D eigenvalue weighted by molar-refractivity contribution is 0.580. The molecule has 24 heavy (non-hydrogen) atoms. The Kier molecular flexibility index (Phi) is 3.79. The van der Waals surface area contributed by atoms with Crippen molar-refractivity contribution in [2.24, 2.45) is 0 Å². The number of nitrogens with one attached hydrogen (secondary N) is 1. The lowest BCUT2D eigenvalue weighted by atomic mass is 10.2. The van der Waals surface area contributed by atoms with Gasteiger partial charge in [0.1, 0.15) is 28.4 Å². The van der Waals surface area contributed by atoms with Gasteiger partial charge in [-0.25, -0.2) is 18.7 Å².